The number of carbonyl (C=O) groups excluding carboxylic acids is 2. The Morgan fingerprint density at radius 1 is 0.621 bits per heavy atom. The Kier molecular flexibility index (Phi) is 15.8. The van der Waals surface area contributed by atoms with Crippen LogP contribution in [0.4, 0.5) is 4.79 Å². The Bertz CT molecular complexity index is 2430. The summed E-state index contributed by atoms with van der Waals surface area (Å²) in [6, 6.07) is 53.9. The molecule has 6 atom stereocenters. The molecule has 0 bridgehead atoms. The summed E-state index contributed by atoms with van der Waals surface area (Å²) in [7, 11) is 1.24. The van der Waals surface area contributed by atoms with Crippen molar-refractivity contribution in [3.05, 3.63) is 216 Å². The van der Waals surface area contributed by atoms with E-state index < -0.39 is 54.9 Å². The number of methoxy groups -OCH3 is 1. The Balaban J connectivity index is 1.08. The van der Waals surface area contributed by atoms with Gasteiger partial charge in [-0.1, -0.05) is 176 Å². The average Bonchev–Trinajstić information content (AvgIpc) is 3.69. The standard InChI is InChI=1S/C55H55NO10/c1-3-55(65-37-48(53(57)59-2)56-54(58)64-36-47-45-30-18-16-28-43(45)44-29-17-19-31-46(44)47)52(63-35-42-26-14-7-15-27-42)51(62-34-41-24-12-6-13-25-41)50(61-33-40-22-10-5-11-23-40)49(66-55)38-60-32-39-20-8-4-9-21-39/h3-31,47-52H,1,32-38H2,2H3,(H,56,58)/t48?,49?,50-,51-,52?,55-/m0/s1. The van der Waals surface area contributed by atoms with Crippen LogP contribution in [0.2, 0.25) is 0 Å². The van der Waals surface area contributed by atoms with Crippen molar-refractivity contribution in [3.8, 4) is 11.1 Å². The van der Waals surface area contributed by atoms with Gasteiger partial charge >= 0.3 is 12.1 Å². The molecule has 1 aliphatic heterocycles. The smallest absolute Gasteiger partial charge is 0.407 e. The third kappa shape index (κ3) is 11.3. The maximum Gasteiger partial charge on any atom is 0.407 e. The van der Waals surface area contributed by atoms with E-state index in [0.717, 1.165) is 44.5 Å². The maximum absolute atomic E-state index is 13.6. The van der Waals surface area contributed by atoms with Crippen LogP contribution in [0.5, 0.6) is 0 Å². The first kappa shape index (κ1) is 46.1. The van der Waals surface area contributed by atoms with E-state index in [0.29, 0.717) is 6.61 Å². The molecule has 11 heteroatoms. The summed E-state index contributed by atoms with van der Waals surface area (Å²) in [6.07, 6.45) is -2.81. The summed E-state index contributed by atoms with van der Waals surface area (Å²) < 4.78 is 51.7. The number of rotatable bonds is 21. The topological polar surface area (TPSA) is 120 Å². The van der Waals surface area contributed by atoms with Crippen molar-refractivity contribution in [2.45, 2.75) is 68.6 Å². The van der Waals surface area contributed by atoms with Crippen molar-refractivity contribution < 1.29 is 47.5 Å². The molecule has 6 aromatic rings. The predicted octanol–water partition coefficient (Wildman–Crippen LogP) is 9.34. The van der Waals surface area contributed by atoms with Crippen LogP contribution >= 0.6 is 0 Å². The molecule has 1 saturated heterocycles. The molecule has 1 heterocycles. The SMILES string of the molecule is C=C[C@]1(OCC(NC(=O)OCC2c3ccccc3-c3ccccc32)C(=O)OC)OC(COCc2ccccc2)[C@H](OCc2ccccc2)[C@H](OCc2ccccc2)C1OCc1ccccc1. The number of esters is 1. The normalized spacial score (nSPS) is 20.4. The zero-order valence-electron chi connectivity index (χ0n) is 36.9. The number of hydrogen-bond donors (Lipinski definition) is 1. The van der Waals surface area contributed by atoms with Crippen molar-refractivity contribution >= 4 is 12.1 Å². The van der Waals surface area contributed by atoms with E-state index >= 15 is 0 Å². The van der Waals surface area contributed by atoms with E-state index in [9.17, 15) is 9.59 Å². The van der Waals surface area contributed by atoms with Crippen LogP contribution in [0.1, 0.15) is 39.3 Å². The van der Waals surface area contributed by atoms with Gasteiger partial charge in [0.1, 0.15) is 31.0 Å². The lowest BCUT2D eigenvalue weighted by atomic mass is 9.91. The first-order valence-corrected chi connectivity index (χ1v) is 22.2. The highest BCUT2D eigenvalue weighted by atomic mass is 16.7. The van der Waals surface area contributed by atoms with Crippen LogP contribution in [-0.2, 0) is 69.1 Å². The van der Waals surface area contributed by atoms with Gasteiger partial charge in [0.25, 0.3) is 0 Å². The Morgan fingerprint density at radius 2 is 1.09 bits per heavy atom. The predicted molar refractivity (Wildman–Crippen MR) is 249 cm³/mol. The molecule has 66 heavy (non-hydrogen) atoms. The number of alkyl carbamates (subject to hydrolysis) is 1. The molecule has 0 aromatic heterocycles. The van der Waals surface area contributed by atoms with Gasteiger partial charge in [-0.05, 0) is 50.6 Å². The van der Waals surface area contributed by atoms with E-state index in [1.165, 1.54) is 13.2 Å². The number of nitrogens with one attached hydrogen (secondary N) is 1. The minimum atomic E-state index is -1.79. The van der Waals surface area contributed by atoms with Crippen molar-refractivity contribution in [1.29, 1.82) is 0 Å². The second-order valence-corrected chi connectivity index (χ2v) is 16.2. The summed E-state index contributed by atoms with van der Waals surface area (Å²) in [5.74, 6) is -2.74. The molecule has 3 unspecified atom stereocenters. The first-order chi connectivity index (χ1) is 32.4. The molecule has 6 aromatic carbocycles. The number of hydrogen-bond acceptors (Lipinski definition) is 10. The van der Waals surface area contributed by atoms with Crippen molar-refractivity contribution in [3.63, 3.8) is 0 Å². The largest absolute Gasteiger partial charge is 0.467 e. The third-order valence-electron chi connectivity index (χ3n) is 11.8. The molecular weight excluding hydrogens is 835 g/mol. The van der Waals surface area contributed by atoms with E-state index in [2.05, 4.69) is 24.0 Å². The van der Waals surface area contributed by atoms with E-state index in [1.54, 1.807) is 0 Å². The van der Waals surface area contributed by atoms with Gasteiger partial charge in [0.05, 0.1) is 46.8 Å². The quantitative estimate of drug-likeness (QED) is 0.0553. The summed E-state index contributed by atoms with van der Waals surface area (Å²) >= 11 is 0. The monoisotopic (exact) mass is 889 g/mol. The Hall–Kier alpha value is -6.44. The fourth-order valence-electron chi connectivity index (χ4n) is 8.51. The van der Waals surface area contributed by atoms with Crippen LogP contribution in [-0.4, -0.2) is 75.2 Å². The van der Waals surface area contributed by atoms with Crippen LogP contribution in [0, 0.1) is 0 Å². The number of carbonyl (C=O) groups is 2. The summed E-state index contributed by atoms with van der Waals surface area (Å²) in [5.41, 5.74) is 8.03. The van der Waals surface area contributed by atoms with Gasteiger partial charge in [-0.15, -0.1) is 0 Å². The van der Waals surface area contributed by atoms with Gasteiger partial charge in [-0.3, -0.25) is 0 Å². The third-order valence-corrected chi connectivity index (χ3v) is 11.8. The van der Waals surface area contributed by atoms with E-state index in [4.69, 9.17) is 37.9 Å². The van der Waals surface area contributed by atoms with E-state index in [-0.39, 0.29) is 39.0 Å². The molecule has 8 rings (SSSR count). The molecule has 0 saturated carbocycles. The number of ether oxygens (including phenoxy) is 8. The van der Waals surface area contributed by atoms with Crippen LogP contribution in [0.15, 0.2) is 183 Å². The molecule has 0 radical (unpaired) electrons. The van der Waals surface area contributed by atoms with Gasteiger partial charge in [0.2, 0.25) is 5.79 Å². The van der Waals surface area contributed by atoms with Gasteiger partial charge in [0.15, 0.2) is 6.04 Å². The molecule has 1 aliphatic carbocycles. The molecule has 1 fully saturated rings. The first-order valence-electron chi connectivity index (χ1n) is 22.2. The van der Waals surface area contributed by atoms with Crippen LogP contribution < -0.4 is 5.32 Å². The van der Waals surface area contributed by atoms with Crippen molar-refractivity contribution in [2.75, 3.05) is 26.9 Å². The van der Waals surface area contributed by atoms with Gasteiger partial charge in [-0.2, -0.15) is 0 Å². The zero-order chi connectivity index (χ0) is 45.6. The lowest BCUT2D eigenvalue weighted by molar-refractivity contribution is -0.364. The van der Waals surface area contributed by atoms with Gasteiger partial charge in [0, 0.05) is 5.92 Å². The summed E-state index contributed by atoms with van der Waals surface area (Å²) in [6.45, 7) is 4.75. The molecule has 1 amide bonds. The molecule has 0 spiro atoms. The minimum absolute atomic E-state index is 0.0409. The minimum Gasteiger partial charge on any atom is -0.467 e. The second-order valence-electron chi connectivity index (χ2n) is 16.2. The van der Waals surface area contributed by atoms with Crippen LogP contribution in [0.25, 0.3) is 11.1 Å². The highest BCUT2D eigenvalue weighted by molar-refractivity contribution is 5.82. The summed E-state index contributed by atoms with van der Waals surface area (Å²) in [5, 5.41) is 2.69. The summed E-state index contributed by atoms with van der Waals surface area (Å²) in [4.78, 5) is 27.1. The maximum atomic E-state index is 13.6. The highest BCUT2D eigenvalue weighted by Gasteiger charge is 2.57. The highest BCUT2D eigenvalue weighted by Crippen LogP contribution is 2.45. The van der Waals surface area contributed by atoms with Crippen LogP contribution in [0.3, 0.4) is 0 Å². The average molecular weight is 890 g/mol. The van der Waals surface area contributed by atoms with Gasteiger partial charge < -0.3 is 43.2 Å². The molecular formula is C55H55NO10. The number of benzene rings is 6. The number of amides is 1. The van der Waals surface area contributed by atoms with Crippen molar-refractivity contribution in [1.82, 2.24) is 5.32 Å². The van der Waals surface area contributed by atoms with E-state index in [1.807, 2.05) is 158 Å². The molecule has 1 N–H and O–H groups in total. The lowest BCUT2D eigenvalue weighted by Crippen LogP contribution is -2.68. The van der Waals surface area contributed by atoms with Crippen molar-refractivity contribution in [2.24, 2.45) is 0 Å². The zero-order valence-corrected chi connectivity index (χ0v) is 36.9. The fraction of sp³-hybridized carbons (Fsp3) is 0.273. The Morgan fingerprint density at radius 3 is 1.61 bits per heavy atom. The molecule has 340 valence electrons. The molecule has 11 nitrogen and oxygen atoms in total. The fourth-order valence-corrected chi connectivity index (χ4v) is 8.51. The molecule has 2 aliphatic rings. The Labute approximate surface area is 386 Å². The lowest BCUT2D eigenvalue weighted by Gasteiger charge is -2.51. The number of fused-ring (bicyclic) bond motifs is 3. The van der Waals surface area contributed by atoms with Gasteiger partial charge in [-0.25, -0.2) is 9.59 Å². The second kappa shape index (κ2) is 22.6.